The van der Waals surface area contributed by atoms with Crippen molar-refractivity contribution >= 4 is 5.69 Å². The molecule has 2 N–H and O–H groups in total. The highest BCUT2D eigenvalue weighted by molar-refractivity contribution is 5.44. The van der Waals surface area contributed by atoms with Gasteiger partial charge in [-0.1, -0.05) is 20.3 Å². The monoisotopic (exact) mass is 195 g/mol. The average Bonchev–Trinajstić information content (AvgIpc) is 2.17. The van der Waals surface area contributed by atoms with Gasteiger partial charge >= 0.3 is 0 Å². The Morgan fingerprint density at radius 1 is 1.57 bits per heavy atom. The van der Waals surface area contributed by atoms with Gasteiger partial charge in [0, 0.05) is 0 Å². The summed E-state index contributed by atoms with van der Waals surface area (Å²) in [6.07, 6.45) is 5.32. The molecule has 14 heavy (non-hydrogen) atoms. The summed E-state index contributed by atoms with van der Waals surface area (Å²) in [4.78, 5) is 7.74. The van der Waals surface area contributed by atoms with Gasteiger partial charge in [-0.3, -0.25) is 0 Å². The Morgan fingerprint density at radius 3 is 3.00 bits per heavy atom. The number of aromatic nitrogens is 2. The van der Waals surface area contributed by atoms with Crippen LogP contribution >= 0.6 is 0 Å². The second-order valence-corrected chi connectivity index (χ2v) is 3.49. The van der Waals surface area contributed by atoms with E-state index in [9.17, 15) is 0 Å². The van der Waals surface area contributed by atoms with Crippen LogP contribution in [0.2, 0.25) is 0 Å². The maximum absolute atomic E-state index is 5.63. The largest absolute Gasteiger partial charge is 0.476 e. The second-order valence-electron chi connectivity index (χ2n) is 3.49. The van der Waals surface area contributed by atoms with Gasteiger partial charge in [0.05, 0.1) is 12.8 Å². The first-order valence-electron chi connectivity index (χ1n) is 4.92. The van der Waals surface area contributed by atoms with Crippen LogP contribution in [-0.2, 0) is 0 Å². The Labute approximate surface area is 84.5 Å². The van der Waals surface area contributed by atoms with E-state index in [0.717, 1.165) is 6.42 Å². The standard InChI is InChI=1S/C10H17N3O/c1-3-4-8(2)6-14-10-9(11)5-12-7-13-10/h5,7-8H,3-4,6,11H2,1-2H3. The molecule has 0 spiro atoms. The Kier molecular flexibility index (Phi) is 4.16. The number of anilines is 1. The molecule has 1 aromatic heterocycles. The zero-order valence-corrected chi connectivity index (χ0v) is 8.73. The summed E-state index contributed by atoms with van der Waals surface area (Å²) in [5, 5.41) is 0. The number of hydrogen-bond acceptors (Lipinski definition) is 4. The molecule has 0 fully saturated rings. The van der Waals surface area contributed by atoms with E-state index < -0.39 is 0 Å². The van der Waals surface area contributed by atoms with Crippen molar-refractivity contribution in [1.29, 1.82) is 0 Å². The molecule has 1 heterocycles. The third kappa shape index (κ3) is 3.20. The maximum Gasteiger partial charge on any atom is 0.240 e. The van der Waals surface area contributed by atoms with Crippen molar-refractivity contribution in [1.82, 2.24) is 9.97 Å². The molecule has 0 saturated heterocycles. The van der Waals surface area contributed by atoms with Crippen molar-refractivity contribution in [3.63, 3.8) is 0 Å². The first-order chi connectivity index (χ1) is 6.74. The summed E-state index contributed by atoms with van der Waals surface area (Å²) in [6.45, 7) is 4.98. The molecular formula is C10H17N3O. The lowest BCUT2D eigenvalue weighted by atomic mass is 10.1. The smallest absolute Gasteiger partial charge is 0.240 e. The fourth-order valence-corrected chi connectivity index (χ4v) is 1.25. The highest BCUT2D eigenvalue weighted by atomic mass is 16.5. The van der Waals surface area contributed by atoms with Crippen LogP contribution in [-0.4, -0.2) is 16.6 Å². The zero-order valence-electron chi connectivity index (χ0n) is 8.73. The van der Waals surface area contributed by atoms with Crippen LogP contribution in [0.3, 0.4) is 0 Å². The molecule has 0 radical (unpaired) electrons. The van der Waals surface area contributed by atoms with Gasteiger partial charge in [-0.15, -0.1) is 0 Å². The van der Waals surface area contributed by atoms with Gasteiger partial charge in [-0.2, -0.15) is 0 Å². The van der Waals surface area contributed by atoms with E-state index >= 15 is 0 Å². The van der Waals surface area contributed by atoms with Crippen molar-refractivity contribution < 1.29 is 4.74 Å². The van der Waals surface area contributed by atoms with Crippen LogP contribution in [0.25, 0.3) is 0 Å². The van der Waals surface area contributed by atoms with Crippen molar-refractivity contribution in [2.45, 2.75) is 26.7 Å². The van der Waals surface area contributed by atoms with Crippen molar-refractivity contribution in [3.8, 4) is 5.88 Å². The van der Waals surface area contributed by atoms with Gasteiger partial charge in [-0.25, -0.2) is 9.97 Å². The highest BCUT2D eigenvalue weighted by Gasteiger charge is 2.05. The van der Waals surface area contributed by atoms with E-state index in [4.69, 9.17) is 10.5 Å². The van der Waals surface area contributed by atoms with E-state index in [-0.39, 0.29) is 0 Å². The van der Waals surface area contributed by atoms with Crippen LogP contribution in [0.15, 0.2) is 12.5 Å². The molecule has 1 rings (SSSR count). The number of nitrogens with zero attached hydrogens (tertiary/aromatic N) is 2. The number of ether oxygens (including phenoxy) is 1. The molecule has 0 aliphatic heterocycles. The Bertz CT molecular complexity index is 278. The number of hydrogen-bond donors (Lipinski definition) is 1. The molecular weight excluding hydrogens is 178 g/mol. The van der Waals surface area contributed by atoms with Crippen LogP contribution in [0.4, 0.5) is 5.69 Å². The zero-order chi connectivity index (χ0) is 10.4. The fraction of sp³-hybridized carbons (Fsp3) is 0.600. The molecule has 0 aromatic carbocycles. The molecule has 0 amide bonds. The highest BCUT2D eigenvalue weighted by Crippen LogP contribution is 2.16. The minimum atomic E-state index is 0.489. The number of rotatable bonds is 5. The van der Waals surface area contributed by atoms with Gasteiger partial charge in [0.25, 0.3) is 0 Å². The molecule has 1 aromatic rings. The predicted molar refractivity (Wildman–Crippen MR) is 56.0 cm³/mol. The lowest BCUT2D eigenvalue weighted by molar-refractivity contribution is 0.244. The molecule has 0 bridgehead atoms. The minimum Gasteiger partial charge on any atom is -0.476 e. The van der Waals surface area contributed by atoms with E-state index in [1.165, 1.54) is 12.7 Å². The fourth-order valence-electron chi connectivity index (χ4n) is 1.25. The Balaban J connectivity index is 2.41. The lowest BCUT2D eigenvalue weighted by Crippen LogP contribution is -2.10. The van der Waals surface area contributed by atoms with Crippen LogP contribution in [0.5, 0.6) is 5.88 Å². The second kappa shape index (κ2) is 5.42. The average molecular weight is 195 g/mol. The number of nitrogen functional groups attached to an aromatic ring is 1. The van der Waals surface area contributed by atoms with Crippen molar-refractivity contribution in [2.24, 2.45) is 5.92 Å². The minimum absolute atomic E-state index is 0.489. The predicted octanol–water partition coefficient (Wildman–Crippen LogP) is 1.87. The summed E-state index contributed by atoms with van der Waals surface area (Å²) in [6, 6.07) is 0. The van der Waals surface area contributed by atoms with Gasteiger partial charge in [0.1, 0.15) is 12.0 Å². The van der Waals surface area contributed by atoms with E-state index in [1.54, 1.807) is 6.20 Å². The quantitative estimate of drug-likeness (QED) is 0.779. The topological polar surface area (TPSA) is 61.0 Å². The SMILES string of the molecule is CCCC(C)COc1ncncc1N. The molecule has 1 unspecified atom stereocenters. The molecule has 0 saturated carbocycles. The summed E-state index contributed by atoms with van der Waals surface area (Å²) in [5.74, 6) is 1.03. The third-order valence-corrected chi connectivity index (χ3v) is 1.99. The van der Waals surface area contributed by atoms with Gasteiger partial charge in [-0.05, 0) is 12.3 Å². The van der Waals surface area contributed by atoms with E-state index in [0.29, 0.717) is 24.1 Å². The van der Waals surface area contributed by atoms with Crippen molar-refractivity contribution in [3.05, 3.63) is 12.5 Å². The molecule has 0 aliphatic rings. The first-order valence-corrected chi connectivity index (χ1v) is 4.92. The maximum atomic E-state index is 5.63. The third-order valence-electron chi connectivity index (χ3n) is 1.99. The Hall–Kier alpha value is -1.32. The lowest BCUT2D eigenvalue weighted by Gasteiger charge is -2.11. The summed E-state index contributed by atoms with van der Waals surface area (Å²) in [5.41, 5.74) is 6.13. The number of nitrogens with two attached hydrogens (primary N) is 1. The van der Waals surface area contributed by atoms with Crippen molar-refractivity contribution in [2.75, 3.05) is 12.3 Å². The summed E-state index contributed by atoms with van der Waals surface area (Å²) < 4.78 is 5.48. The molecule has 4 nitrogen and oxygen atoms in total. The van der Waals surface area contributed by atoms with Gasteiger partial charge in [0.2, 0.25) is 5.88 Å². The van der Waals surface area contributed by atoms with Crippen LogP contribution in [0, 0.1) is 5.92 Å². The molecule has 1 atom stereocenters. The normalized spacial score (nSPS) is 12.4. The molecule has 78 valence electrons. The Morgan fingerprint density at radius 2 is 2.36 bits per heavy atom. The summed E-state index contributed by atoms with van der Waals surface area (Å²) >= 11 is 0. The van der Waals surface area contributed by atoms with E-state index in [2.05, 4.69) is 23.8 Å². The summed E-state index contributed by atoms with van der Waals surface area (Å²) in [7, 11) is 0. The van der Waals surface area contributed by atoms with Crippen LogP contribution < -0.4 is 10.5 Å². The first kappa shape index (κ1) is 10.8. The molecule has 4 heteroatoms. The van der Waals surface area contributed by atoms with Crippen LogP contribution in [0.1, 0.15) is 26.7 Å². The van der Waals surface area contributed by atoms with E-state index in [1.807, 2.05) is 0 Å². The van der Waals surface area contributed by atoms with Gasteiger partial charge < -0.3 is 10.5 Å². The van der Waals surface area contributed by atoms with Gasteiger partial charge in [0.15, 0.2) is 0 Å². The molecule has 0 aliphatic carbocycles.